The van der Waals surface area contributed by atoms with Crippen LogP contribution in [0, 0.1) is 12.8 Å². The van der Waals surface area contributed by atoms with E-state index in [-0.39, 0.29) is 24.2 Å². The van der Waals surface area contributed by atoms with E-state index < -0.39 is 0 Å². The second kappa shape index (κ2) is 6.87. The first kappa shape index (κ1) is 16.2. The molecule has 0 aliphatic carbocycles. The molecule has 1 unspecified atom stereocenters. The topological polar surface area (TPSA) is 49.4 Å². The first-order valence-electron chi connectivity index (χ1n) is 8.35. The molecule has 0 radical (unpaired) electrons. The summed E-state index contributed by atoms with van der Waals surface area (Å²) in [5.41, 5.74) is 3.96. The van der Waals surface area contributed by atoms with Crippen LogP contribution in [-0.4, -0.2) is 18.4 Å². The zero-order chi connectivity index (χ0) is 17.1. The number of anilines is 2. The maximum absolute atomic E-state index is 12.5. The zero-order valence-corrected chi connectivity index (χ0v) is 14.1. The number of carbonyl (C=O) groups is 2. The van der Waals surface area contributed by atoms with Crippen molar-refractivity contribution in [3.8, 4) is 0 Å². The van der Waals surface area contributed by atoms with Gasteiger partial charge in [-0.1, -0.05) is 43.3 Å². The van der Waals surface area contributed by atoms with Crippen molar-refractivity contribution in [1.29, 1.82) is 0 Å². The van der Waals surface area contributed by atoms with Gasteiger partial charge >= 0.3 is 0 Å². The number of rotatable bonds is 4. The van der Waals surface area contributed by atoms with Crippen LogP contribution in [0.25, 0.3) is 0 Å². The summed E-state index contributed by atoms with van der Waals surface area (Å²) in [6.07, 6.45) is 1.12. The third kappa shape index (κ3) is 3.18. The van der Waals surface area contributed by atoms with E-state index in [4.69, 9.17) is 0 Å². The molecule has 0 saturated carbocycles. The van der Waals surface area contributed by atoms with E-state index in [1.165, 1.54) is 0 Å². The molecule has 1 atom stereocenters. The highest BCUT2D eigenvalue weighted by Gasteiger charge is 2.36. The van der Waals surface area contributed by atoms with Crippen LogP contribution in [0.1, 0.15) is 24.5 Å². The smallest absolute Gasteiger partial charge is 0.229 e. The summed E-state index contributed by atoms with van der Waals surface area (Å²) in [6, 6.07) is 15.4. The van der Waals surface area contributed by atoms with Gasteiger partial charge in [-0.15, -0.1) is 0 Å². The average Bonchev–Trinajstić information content (AvgIpc) is 2.97. The number of nitrogens with one attached hydrogen (secondary N) is 1. The Labute approximate surface area is 142 Å². The maximum atomic E-state index is 12.5. The van der Waals surface area contributed by atoms with E-state index in [0.717, 1.165) is 28.9 Å². The van der Waals surface area contributed by atoms with Gasteiger partial charge in [0.15, 0.2) is 0 Å². The lowest BCUT2D eigenvalue weighted by molar-refractivity contribution is -0.122. The van der Waals surface area contributed by atoms with Crippen LogP contribution in [0.4, 0.5) is 11.4 Å². The van der Waals surface area contributed by atoms with Gasteiger partial charge in [-0.3, -0.25) is 9.59 Å². The Bertz CT molecular complexity index is 755. The van der Waals surface area contributed by atoms with Crippen LogP contribution in [0.2, 0.25) is 0 Å². The number of nitrogens with zero attached hydrogens (tertiary/aromatic N) is 1. The fourth-order valence-electron chi connectivity index (χ4n) is 3.26. The number of benzene rings is 2. The van der Waals surface area contributed by atoms with Gasteiger partial charge in [-0.25, -0.2) is 0 Å². The van der Waals surface area contributed by atoms with Crippen LogP contribution in [0.5, 0.6) is 0 Å². The molecule has 0 bridgehead atoms. The van der Waals surface area contributed by atoms with E-state index in [0.29, 0.717) is 6.54 Å². The lowest BCUT2D eigenvalue weighted by atomic mass is 10.0. The highest BCUT2D eigenvalue weighted by atomic mass is 16.2. The van der Waals surface area contributed by atoms with Crippen molar-refractivity contribution in [2.24, 2.45) is 5.92 Å². The Balaban J connectivity index is 1.78. The maximum Gasteiger partial charge on any atom is 0.229 e. The van der Waals surface area contributed by atoms with Gasteiger partial charge < -0.3 is 10.2 Å². The third-order valence-corrected chi connectivity index (χ3v) is 4.51. The van der Waals surface area contributed by atoms with Crippen molar-refractivity contribution >= 4 is 23.2 Å². The van der Waals surface area contributed by atoms with Gasteiger partial charge in [0.2, 0.25) is 11.8 Å². The van der Waals surface area contributed by atoms with Crippen molar-refractivity contribution in [2.75, 3.05) is 16.8 Å². The Morgan fingerprint density at radius 3 is 2.62 bits per heavy atom. The van der Waals surface area contributed by atoms with Crippen LogP contribution >= 0.6 is 0 Å². The standard InChI is InChI=1S/C20H22N2O2/c1-3-15-9-7-8-14(2)19(15)22-13-16(12-18(22)23)20(24)21-17-10-5-4-6-11-17/h4-11,16H,3,12-13H2,1-2H3,(H,21,24). The molecule has 3 rings (SSSR count). The molecule has 1 fully saturated rings. The van der Waals surface area contributed by atoms with Crippen molar-refractivity contribution in [3.63, 3.8) is 0 Å². The fraction of sp³-hybridized carbons (Fsp3) is 0.300. The molecule has 1 heterocycles. The number of hydrogen-bond acceptors (Lipinski definition) is 2. The van der Waals surface area contributed by atoms with Crippen molar-refractivity contribution in [1.82, 2.24) is 0 Å². The minimum absolute atomic E-state index is 0.0206. The average molecular weight is 322 g/mol. The van der Waals surface area contributed by atoms with E-state index in [1.54, 1.807) is 4.90 Å². The van der Waals surface area contributed by atoms with Crippen LogP contribution in [0.3, 0.4) is 0 Å². The molecular weight excluding hydrogens is 300 g/mol. The summed E-state index contributed by atoms with van der Waals surface area (Å²) >= 11 is 0. The van der Waals surface area contributed by atoms with Gasteiger partial charge in [0.25, 0.3) is 0 Å². The summed E-state index contributed by atoms with van der Waals surface area (Å²) in [5, 5.41) is 2.90. The predicted octanol–water partition coefficient (Wildman–Crippen LogP) is 3.55. The SMILES string of the molecule is CCc1cccc(C)c1N1CC(C(=O)Nc2ccccc2)CC1=O. The molecule has 1 aliphatic rings. The molecule has 0 aromatic heterocycles. The molecule has 1 aliphatic heterocycles. The lowest BCUT2D eigenvalue weighted by Crippen LogP contribution is -2.29. The number of hydrogen-bond donors (Lipinski definition) is 1. The molecule has 124 valence electrons. The van der Waals surface area contributed by atoms with Crippen LogP contribution < -0.4 is 10.2 Å². The molecule has 24 heavy (non-hydrogen) atoms. The normalized spacial score (nSPS) is 17.2. The summed E-state index contributed by atoms with van der Waals surface area (Å²) in [4.78, 5) is 26.8. The van der Waals surface area contributed by atoms with Crippen molar-refractivity contribution in [2.45, 2.75) is 26.7 Å². The first-order valence-corrected chi connectivity index (χ1v) is 8.35. The highest BCUT2D eigenvalue weighted by molar-refractivity contribution is 6.04. The van der Waals surface area contributed by atoms with Gasteiger partial charge in [0, 0.05) is 24.3 Å². The van der Waals surface area contributed by atoms with E-state index in [2.05, 4.69) is 12.2 Å². The molecule has 2 amide bonds. The summed E-state index contributed by atoms with van der Waals surface area (Å²) < 4.78 is 0. The monoisotopic (exact) mass is 322 g/mol. The predicted molar refractivity (Wildman–Crippen MR) is 96.1 cm³/mol. The molecule has 1 saturated heterocycles. The van der Waals surface area contributed by atoms with Gasteiger partial charge in [0.05, 0.1) is 5.92 Å². The van der Waals surface area contributed by atoms with Crippen LogP contribution in [-0.2, 0) is 16.0 Å². The van der Waals surface area contributed by atoms with Gasteiger partial charge in [-0.2, -0.15) is 0 Å². The molecule has 1 N–H and O–H groups in total. The van der Waals surface area contributed by atoms with E-state index in [9.17, 15) is 9.59 Å². The molecular formula is C20H22N2O2. The fourth-order valence-corrected chi connectivity index (χ4v) is 3.26. The number of para-hydroxylation sites is 2. The number of aryl methyl sites for hydroxylation is 2. The summed E-state index contributed by atoms with van der Waals surface area (Å²) in [7, 11) is 0. The molecule has 0 spiro atoms. The second-order valence-corrected chi connectivity index (χ2v) is 6.20. The van der Waals surface area contributed by atoms with Gasteiger partial charge in [-0.05, 0) is 36.6 Å². The molecule has 4 heteroatoms. The van der Waals surface area contributed by atoms with Crippen molar-refractivity contribution in [3.05, 3.63) is 59.7 Å². The van der Waals surface area contributed by atoms with E-state index >= 15 is 0 Å². The first-order chi connectivity index (χ1) is 11.6. The lowest BCUT2D eigenvalue weighted by Gasteiger charge is -2.22. The minimum Gasteiger partial charge on any atom is -0.326 e. The quantitative estimate of drug-likeness (QED) is 0.936. The number of amides is 2. The Morgan fingerprint density at radius 2 is 1.92 bits per heavy atom. The second-order valence-electron chi connectivity index (χ2n) is 6.20. The Kier molecular flexibility index (Phi) is 4.65. The Morgan fingerprint density at radius 1 is 1.17 bits per heavy atom. The molecule has 2 aromatic rings. The largest absolute Gasteiger partial charge is 0.326 e. The van der Waals surface area contributed by atoms with Crippen molar-refractivity contribution < 1.29 is 9.59 Å². The third-order valence-electron chi connectivity index (χ3n) is 4.51. The zero-order valence-electron chi connectivity index (χ0n) is 14.1. The highest BCUT2D eigenvalue weighted by Crippen LogP contribution is 2.32. The molecule has 2 aromatic carbocycles. The summed E-state index contributed by atoms with van der Waals surface area (Å²) in [6.45, 7) is 4.53. The number of carbonyl (C=O) groups excluding carboxylic acids is 2. The van der Waals surface area contributed by atoms with Gasteiger partial charge in [0.1, 0.15) is 0 Å². The summed E-state index contributed by atoms with van der Waals surface area (Å²) in [5.74, 6) is -0.391. The minimum atomic E-state index is -0.318. The Hall–Kier alpha value is -2.62. The molecule has 4 nitrogen and oxygen atoms in total. The van der Waals surface area contributed by atoms with Crippen LogP contribution in [0.15, 0.2) is 48.5 Å². The van der Waals surface area contributed by atoms with E-state index in [1.807, 2.05) is 55.5 Å².